The Labute approximate surface area is 113 Å². The molecular formula is C12H19Cl2N3. The number of benzene rings is 1. The summed E-state index contributed by atoms with van der Waals surface area (Å²) in [7, 11) is 3.82. The topological polar surface area (TPSA) is 27.3 Å². The highest BCUT2D eigenvalue weighted by Crippen LogP contribution is 2.27. The molecule has 0 amide bonds. The van der Waals surface area contributed by atoms with Crippen molar-refractivity contribution >= 4 is 40.3 Å². The van der Waals surface area contributed by atoms with Crippen LogP contribution in [0.1, 0.15) is 0 Å². The van der Waals surface area contributed by atoms with Crippen molar-refractivity contribution in [2.45, 2.75) is 0 Å². The van der Waals surface area contributed by atoms with Gasteiger partial charge in [0.05, 0.1) is 11.4 Å². The van der Waals surface area contributed by atoms with Crippen molar-refractivity contribution in [2.24, 2.45) is 0 Å². The number of halogens is 2. The van der Waals surface area contributed by atoms with Gasteiger partial charge in [0.2, 0.25) is 0 Å². The molecule has 2 N–H and O–H groups in total. The van der Waals surface area contributed by atoms with Crippen LogP contribution in [-0.2, 0) is 0 Å². The van der Waals surface area contributed by atoms with E-state index in [1.54, 1.807) is 0 Å². The van der Waals surface area contributed by atoms with Crippen molar-refractivity contribution < 1.29 is 0 Å². The highest BCUT2D eigenvalue weighted by molar-refractivity contribution is 6.18. The lowest BCUT2D eigenvalue weighted by Gasteiger charge is -2.24. The van der Waals surface area contributed by atoms with E-state index < -0.39 is 0 Å². The average molecular weight is 276 g/mol. The van der Waals surface area contributed by atoms with Crippen molar-refractivity contribution in [2.75, 3.05) is 54.5 Å². The van der Waals surface area contributed by atoms with Crippen LogP contribution in [0, 0.1) is 0 Å². The van der Waals surface area contributed by atoms with E-state index in [0.717, 1.165) is 30.2 Å². The molecule has 5 heteroatoms. The van der Waals surface area contributed by atoms with E-state index in [2.05, 4.69) is 33.7 Å². The number of alkyl halides is 2. The van der Waals surface area contributed by atoms with Crippen molar-refractivity contribution in [3.05, 3.63) is 18.2 Å². The maximum atomic E-state index is 5.80. The second-order valence-electron chi connectivity index (χ2n) is 3.59. The van der Waals surface area contributed by atoms with Gasteiger partial charge in [-0.3, -0.25) is 0 Å². The van der Waals surface area contributed by atoms with Crippen molar-refractivity contribution in [3.8, 4) is 0 Å². The highest BCUT2D eigenvalue weighted by atomic mass is 35.5. The minimum absolute atomic E-state index is 0.597. The first kappa shape index (κ1) is 14.3. The molecule has 0 saturated carbocycles. The van der Waals surface area contributed by atoms with Gasteiger partial charge in [-0.15, -0.1) is 23.2 Å². The predicted molar refractivity (Wildman–Crippen MR) is 79.2 cm³/mol. The summed E-state index contributed by atoms with van der Waals surface area (Å²) in [6.07, 6.45) is 0. The molecule has 0 aromatic heterocycles. The summed E-state index contributed by atoms with van der Waals surface area (Å²) in [5.41, 5.74) is 3.28. The van der Waals surface area contributed by atoms with Gasteiger partial charge in [-0.25, -0.2) is 0 Å². The summed E-state index contributed by atoms with van der Waals surface area (Å²) in [4.78, 5) is 2.18. The third-order valence-corrected chi connectivity index (χ3v) is 2.95. The van der Waals surface area contributed by atoms with Crippen molar-refractivity contribution in [3.63, 3.8) is 0 Å². The third kappa shape index (κ3) is 3.86. The largest absolute Gasteiger partial charge is 0.386 e. The fourth-order valence-electron chi connectivity index (χ4n) is 1.73. The van der Waals surface area contributed by atoms with E-state index in [1.807, 2.05) is 14.1 Å². The van der Waals surface area contributed by atoms with Crippen LogP contribution in [0.5, 0.6) is 0 Å². The zero-order valence-corrected chi connectivity index (χ0v) is 11.8. The summed E-state index contributed by atoms with van der Waals surface area (Å²) >= 11 is 11.6. The number of hydrogen-bond acceptors (Lipinski definition) is 3. The lowest BCUT2D eigenvalue weighted by molar-refractivity contribution is 0.874. The molecule has 0 aliphatic carbocycles. The van der Waals surface area contributed by atoms with Gasteiger partial charge in [-0.2, -0.15) is 0 Å². The van der Waals surface area contributed by atoms with Gasteiger partial charge >= 0.3 is 0 Å². The van der Waals surface area contributed by atoms with Crippen LogP contribution in [0.15, 0.2) is 18.2 Å². The molecule has 1 aromatic rings. The molecule has 3 nitrogen and oxygen atoms in total. The van der Waals surface area contributed by atoms with Crippen molar-refractivity contribution in [1.29, 1.82) is 0 Å². The maximum absolute atomic E-state index is 5.80. The Morgan fingerprint density at radius 2 is 1.59 bits per heavy atom. The molecule has 0 heterocycles. The number of nitrogens with one attached hydrogen (secondary N) is 2. The van der Waals surface area contributed by atoms with E-state index in [-0.39, 0.29) is 0 Å². The number of anilines is 3. The zero-order valence-electron chi connectivity index (χ0n) is 10.3. The van der Waals surface area contributed by atoms with E-state index >= 15 is 0 Å². The van der Waals surface area contributed by atoms with Gasteiger partial charge in [-0.1, -0.05) is 0 Å². The van der Waals surface area contributed by atoms with Gasteiger partial charge in [0.25, 0.3) is 0 Å². The molecule has 0 atom stereocenters. The molecule has 96 valence electrons. The summed E-state index contributed by atoms with van der Waals surface area (Å²) in [6.45, 7) is 1.60. The molecule has 17 heavy (non-hydrogen) atoms. The minimum Gasteiger partial charge on any atom is -0.386 e. The smallest absolute Gasteiger partial charge is 0.0594 e. The quantitative estimate of drug-likeness (QED) is 0.749. The molecule has 0 radical (unpaired) electrons. The average Bonchev–Trinajstić information content (AvgIpc) is 2.37. The summed E-state index contributed by atoms with van der Waals surface area (Å²) < 4.78 is 0. The fourth-order valence-corrected chi connectivity index (χ4v) is 2.14. The van der Waals surface area contributed by atoms with E-state index in [1.165, 1.54) is 0 Å². The second-order valence-corrected chi connectivity index (χ2v) is 4.35. The van der Waals surface area contributed by atoms with Gasteiger partial charge in [0, 0.05) is 44.6 Å². The Bertz CT molecular complexity index is 339. The Morgan fingerprint density at radius 1 is 1.00 bits per heavy atom. The normalized spacial score (nSPS) is 10.1. The van der Waals surface area contributed by atoms with Gasteiger partial charge in [0.1, 0.15) is 0 Å². The molecular weight excluding hydrogens is 257 g/mol. The number of nitrogens with zero attached hydrogens (tertiary/aromatic N) is 1. The van der Waals surface area contributed by atoms with Crippen molar-refractivity contribution in [1.82, 2.24) is 0 Å². The SMILES string of the molecule is CNc1ccc(N(CCCl)CCCl)cc1NC. The highest BCUT2D eigenvalue weighted by Gasteiger charge is 2.07. The lowest BCUT2D eigenvalue weighted by Crippen LogP contribution is -2.27. The Kier molecular flexibility index (Phi) is 6.30. The Morgan fingerprint density at radius 3 is 2.06 bits per heavy atom. The van der Waals surface area contributed by atoms with Crippen LogP contribution >= 0.6 is 23.2 Å². The second kappa shape index (κ2) is 7.51. The van der Waals surface area contributed by atoms with Crippen LogP contribution in [0.4, 0.5) is 17.1 Å². The number of hydrogen-bond donors (Lipinski definition) is 2. The molecule has 1 rings (SSSR count). The molecule has 0 aliphatic heterocycles. The van der Waals surface area contributed by atoms with Crippen LogP contribution in [-0.4, -0.2) is 38.9 Å². The summed E-state index contributed by atoms with van der Waals surface area (Å²) in [5, 5.41) is 6.31. The molecule has 0 spiro atoms. The third-order valence-electron chi connectivity index (χ3n) is 2.62. The molecule has 0 fully saturated rings. The number of rotatable bonds is 7. The van der Waals surface area contributed by atoms with E-state index in [4.69, 9.17) is 23.2 Å². The maximum Gasteiger partial charge on any atom is 0.0594 e. The molecule has 0 saturated heterocycles. The zero-order chi connectivity index (χ0) is 12.7. The van der Waals surface area contributed by atoms with E-state index in [0.29, 0.717) is 11.8 Å². The standard InChI is InChI=1S/C12H19Cl2N3/c1-15-11-4-3-10(9-12(11)16-2)17(7-5-13)8-6-14/h3-4,9,15-16H,5-8H2,1-2H3. The monoisotopic (exact) mass is 275 g/mol. The Balaban J connectivity index is 2.94. The minimum atomic E-state index is 0.597. The van der Waals surface area contributed by atoms with Crippen LogP contribution in [0.3, 0.4) is 0 Å². The van der Waals surface area contributed by atoms with Crippen LogP contribution < -0.4 is 15.5 Å². The van der Waals surface area contributed by atoms with Gasteiger partial charge < -0.3 is 15.5 Å². The molecule has 0 bridgehead atoms. The van der Waals surface area contributed by atoms with E-state index in [9.17, 15) is 0 Å². The molecule has 0 aliphatic rings. The fraction of sp³-hybridized carbons (Fsp3) is 0.500. The van der Waals surface area contributed by atoms with Crippen LogP contribution in [0.2, 0.25) is 0 Å². The molecule has 1 aromatic carbocycles. The first-order valence-electron chi connectivity index (χ1n) is 5.63. The van der Waals surface area contributed by atoms with Gasteiger partial charge in [-0.05, 0) is 18.2 Å². The Hall–Kier alpha value is -0.800. The molecule has 0 unspecified atom stereocenters. The van der Waals surface area contributed by atoms with Gasteiger partial charge in [0.15, 0.2) is 0 Å². The predicted octanol–water partition coefficient (Wildman–Crippen LogP) is 3.05. The lowest BCUT2D eigenvalue weighted by atomic mass is 10.2. The van der Waals surface area contributed by atoms with Crippen LogP contribution in [0.25, 0.3) is 0 Å². The first-order chi connectivity index (χ1) is 8.26. The first-order valence-corrected chi connectivity index (χ1v) is 6.70. The summed E-state index contributed by atoms with van der Waals surface area (Å²) in [5.74, 6) is 1.19. The summed E-state index contributed by atoms with van der Waals surface area (Å²) in [6, 6.07) is 6.23.